The first-order valence-corrected chi connectivity index (χ1v) is 6.73. The van der Waals surface area contributed by atoms with Crippen LogP contribution < -0.4 is 0 Å². The molecule has 2 atom stereocenters. The fourth-order valence-electron chi connectivity index (χ4n) is 2.64. The van der Waals surface area contributed by atoms with Crippen LogP contribution in [-0.4, -0.2) is 42.3 Å². The minimum Gasteiger partial charge on any atom is -0.368 e. The summed E-state index contributed by atoms with van der Waals surface area (Å²) in [7, 11) is 2.03. The maximum Gasteiger partial charge on any atom is 0.459 e. The number of likely N-dealkylation sites (N-methyl/N-ethyl adjacent to an activating group) is 1. The van der Waals surface area contributed by atoms with Gasteiger partial charge in [0.25, 0.3) is 0 Å². The topological polar surface area (TPSA) is 6.25 Å². The van der Waals surface area contributed by atoms with Crippen LogP contribution in [0.25, 0.3) is 0 Å². The summed E-state index contributed by atoms with van der Waals surface area (Å²) in [6, 6.07) is 0.490. The molecule has 0 radical (unpaired) electrons. The van der Waals surface area contributed by atoms with Gasteiger partial charge in [0, 0.05) is 25.8 Å². The number of allylic oxidation sites excluding steroid dienone is 2. The van der Waals surface area contributed by atoms with Gasteiger partial charge in [0.2, 0.25) is 0 Å². The SMILES string of the molecule is C=C(/C=C1/C(C)N1C)CCC1CCN(C(F)(F)F)C1. The lowest BCUT2D eigenvalue weighted by molar-refractivity contribution is -0.239. The van der Waals surface area contributed by atoms with Crippen molar-refractivity contribution in [3.63, 3.8) is 0 Å². The van der Waals surface area contributed by atoms with Crippen LogP contribution in [0.15, 0.2) is 23.9 Å². The van der Waals surface area contributed by atoms with Gasteiger partial charge in [-0.2, -0.15) is 13.2 Å². The van der Waals surface area contributed by atoms with Crippen LogP contribution in [0.4, 0.5) is 13.2 Å². The third-order valence-corrected chi connectivity index (χ3v) is 4.22. The molecule has 0 amide bonds. The molecule has 5 heteroatoms. The van der Waals surface area contributed by atoms with Gasteiger partial charge in [0.1, 0.15) is 0 Å². The van der Waals surface area contributed by atoms with Gasteiger partial charge in [0.05, 0.1) is 6.04 Å². The highest BCUT2D eigenvalue weighted by Gasteiger charge is 2.41. The monoisotopic (exact) mass is 274 g/mol. The molecule has 0 aromatic rings. The highest BCUT2D eigenvalue weighted by Crippen LogP contribution is 2.33. The number of alkyl halides is 3. The summed E-state index contributed by atoms with van der Waals surface area (Å²) in [4.78, 5) is 2.78. The van der Waals surface area contributed by atoms with Crippen molar-refractivity contribution in [2.24, 2.45) is 5.92 Å². The Morgan fingerprint density at radius 1 is 1.47 bits per heavy atom. The van der Waals surface area contributed by atoms with Gasteiger partial charge in [-0.25, -0.2) is 4.90 Å². The Labute approximate surface area is 112 Å². The second-order valence-electron chi connectivity index (χ2n) is 5.62. The molecule has 0 spiro atoms. The Balaban J connectivity index is 1.73. The lowest BCUT2D eigenvalue weighted by atomic mass is 9.99. The van der Waals surface area contributed by atoms with Crippen LogP contribution in [-0.2, 0) is 0 Å². The maximum absolute atomic E-state index is 12.5. The van der Waals surface area contributed by atoms with Crippen LogP contribution in [0.1, 0.15) is 26.2 Å². The minimum atomic E-state index is -4.17. The van der Waals surface area contributed by atoms with Gasteiger partial charge in [-0.1, -0.05) is 12.2 Å². The molecule has 0 aromatic heterocycles. The third-order valence-electron chi connectivity index (χ3n) is 4.22. The Morgan fingerprint density at radius 2 is 2.11 bits per heavy atom. The number of nitrogens with zero attached hydrogens (tertiary/aromatic N) is 2. The van der Waals surface area contributed by atoms with Crippen molar-refractivity contribution in [1.82, 2.24) is 9.80 Å². The van der Waals surface area contributed by atoms with Crippen molar-refractivity contribution in [3.05, 3.63) is 23.9 Å². The molecule has 0 N–H and O–H groups in total. The van der Waals surface area contributed by atoms with Crippen molar-refractivity contribution in [2.75, 3.05) is 20.1 Å². The van der Waals surface area contributed by atoms with Gasteiger partial charge in [-0.3, -0.25) is 0 Å². The lowest BCUT2D eigenvalue weighted by Crippen LogP contribution is -2.35. The molecule has 2 unspecified atom stereocenters. The van der Waals surface area contributed by atoms with E-state index >= 15 is 0 Å². The number of halogens is 3. The molecule has 2 aliphatic rings. The first-order chi connectivity index (χ1) is 8.79. The van der Waals surface area contributed by atoms with Crippen LogP contribution >= 0.6 is 0 Å². The zero-order valence-electron chi connectivity index (χ0n) is 11.5. The average molecular weight is 274 g/mol. The second kappa shape index (κ2) is 5.19. The number of hydrogen-bond acceptors (Lipinski definition) is 2. The smallest absolute Gasteiger partial charge is 0.368 e. The van der Waals surface area contributed by atoms with E-state index < -0.39 is 6.30 Å². The first-order valence-electron chi connectivity index (χ1n) is 6.73. The summed E-state index contributed by atoms with van der Waals surface area (Å²) >= 11 is 0. The molecule has 2 fully saturated rings. The van der Waals surface area contributed by atoms with Crippen LogP contribution in [0, 0.1) is 5.92 Å². The summed E-state index contributed by atoms with van der Waals surface area (Å²) in [5, 5.41) is 0. The molecule has 2 saturated heterocycles. The average Bonchev–Trinajstić information content (AvgIpc) is 2.78. The van der Waals surface area contributed by atoms with Crippen molar-refractivity contribution in [3.8, 4) is 0 Å². The summed E-state index contributed by atoms with van der Waals surface area (Å²) in [6.07, 6.45) is 0.133. The molecule has 2 nitrogen and oxygen atoms in total. The largest absolute Gasteiger partial charge is 0.459 e. The van der Waals surface area contributed by atoms with E-state index in [4.69, 9.17) is 0 Å². The van der Waals surface area contributed by atoms with E-state index in [2.05, 4.69) is 24.5 Å². The second-order valence-corrected chi connectivity index (χ2v) is 5.62. The number of hydrogen-bond donors (Lipinski definition) is 0. The van der Waals surface area contributed by atoms with Gasteiger partial charge in [-0.15, -0.1) is 0 Å². The Kier molecular flexibility index (Phi) is 3.95. The van der Waals surface area contributed by atoms with E-state index in [1.165, 1.54) is 5.70 Å². The van der Waals surface area contributed by atoms with Crippen LogP contribution in [0.3, 0.4) is 0 Å². The molecule has 2 aliphatic heterocycles. The van der Waals surface area contributed by atoms with Crippen molar-refractivity contribution < 1.29 is 13.2 Å². The molecule has 19 heavy (non-hydrogen) atoms. The number of rotatable bonds is 4. The Morgan fingerprint density at radius 3 is 2.58 bits per heavy atom. The van der Waals surface area contributed by atoms with E-state index in [0.29, 0.717) is 17.4 Å². The summed E-state index contributed by atoms with van der Waals surface area (Å²) in [5.41, 5.74) is 2.30. The molecule has 2 heterocycles. The van der Waals surface area contributed by atoms with E-state index in [0.717, 1.165) is 18.4 Å². The molecular formula is C14H21F3N2. The van der Waals surface area contributed by atoms with Crippen LogP contribution in [0.5, 0.6) is 0 Å². The van der Waals surface area contributed by atoms with E-state index in [9.17, 15) is 13.2 Å². The van der Waals surface area contributed by atoms with Crippen molar-refractivity contribution in [2.45, 2.75) is 38.5 Å². The maximum atomic E-state index is 12.5. The summed E-state index contributed by atoms with van der Waals surface area (Å²) in [5.74, 6) is 0.145. The quantitative estimate of drug-likeness (QED) is 0.572. The van der Waals surface area contributed by atoms with Crippen LogP contribution in [0.2, 0.25) is 0 Å². The molecule has 0 aliphatic carbocycles. The fourth-order valence-corrected chi connectivity index (χ4v) is 2.64. The standard InChI is InChI=1S/C14H21F3N2/c1-10(8-13-11(2)18(13)3)4-5-12-6-7-19(9-12)14(15,16)17/h8,11-12H,1,4-7,9H2,2-3H3/b13-8-. The molecular weight excluding hydrogens is 253 g/mol. The number of likely N-dealkylation sites (tertiary alicyclic amines) is 1. The van der Waals surface area contributed by atoms with Gasteiger partial charge in [-0.05, 0) is 38.2 Å². The zero-order chi connectivity index (χ0) is 14.2. The molecule has 0 saturated carbocycles. The van der Waals surface area contributed by atoms with Crippen molar-refractivity contribution in [1.29, 1.82) is 0 Å². The van der Waals surface area contributed by atoms with Gasteiger partial charge in [0.15, 0.2) is 0 Å². The van der Waals surface area contributed by atoms with E-state index in [-0.39, 0.29) is 19.0 Å². The minimum absolute atomic E-state index is 0.140. The predicted octanol–water partition coefficient (Wildman–Crippen LogP) is 3.38. The van der Waals surface area contributed by atoms with E-state index in [1.54, 1.807) is 0 Å². The van der Waals surface area contributed by atoms with Gasteiger partial charge >= 0.3 is 6.30 Å². The predicted molar refractivity (Wildman–Crippen MR) is 69.4 cm³/mol. The molecule has 108 valence electrons. The highest BCUT2D eigenvalue weighted by molar-refractivity contribution is 5.32. The van der Waals surface area contributed by atoms with Gasteiger partial charge < -0.3 is 4.90 Å². The molecule has 0 bridgehead atoms. The van der Waals surface area contributed by atoms with E-state index in [1.807, 2.05) is 7.05 Å². The Bertz CT molecular complexity index is 377. The summed E-state index contributed by atoms with van der Waals surface area (Å²) < 4.78 is 37.5. The summed E-state index contributed by atoms with van der Waals surface area (Å²) in [6.45, 7) is 6.40. The molecule has 2 rings (SSSR count). The first kappa shape index (κ1) is 14.4. The zero-order valence-corrected chi connectivity index (χ0v) is 11.5. The third kappa shape index (κ3) is 3.53. The fraction of sp³-hybridized carbons (Fsp3) is 0.714. The lowest BCUT2D eigenvalue weighted by Gasteiger charge is -2.19. The van der Waals surface area contributed by atoms with Crippen molar-refractivity contribution >= 4 is 0 Å². The Hall–Kier alpha value is -0.970. The normalized spacial score (nSPS) is 30.2. The molecule has 0 aromatic carbocycles. The highest BCUT2D eigenvalue weighted by atomic mass is 19.4.